The van der Waals surface area contributed by atoms with Gasteiger partial charge in [0.1, 0.15) is 0 Å². The van der Waals surface area contributed by atoms with E-state index in [-0.39, 0.29) is 18.6 Å². The van der Waals surface area contributed by atoms with Crippen molar-refractivity contribution in [1.29, 1.82) is 0 Å². The number of hydrogen-bond donors (Lipinski definition) is 3. The van der Waals surface area contributed by atoms with Crippen molar-refractivity contribution in [3.63, 3.8) is 0 Å². The SMILES string of the molecule is CC[C@@H](CO)NC(=O)C(N)Cc1ccccc1. The number of aliphatic hydroxyl groups is 1. The van der Waals surface area contributed by atoms with Crippen LogP contribution in [-0.4, -0.2) is 29.7 Å². The van der Waals surface area contributed by atoms with Gasteiger partial charge in [0, 0.05) is 0 Å². The Morgan fingerprint density at radius 3 is 2.59 bits per heavy atom. The first-order chi connectivity index (χ1) is 8.17. The number of rotatable bonds is 6. The molecule has 4 nitrogen and oxygen atoms in total. The van der Waals surface area contributed by atoms with Gasteiger partial charge in [-0.1, -0.05) is 37.3 Å². The van der Waals surface area contributed by atoms with Crippen LogP contribution in [0.3, 0.4) is 0 Å². The second kappa shape index (κ2) is 7.04. The summed E-state index contributed by atoms with van der Waals surface area (Å²) in [5.74, 6) is -0.213. The number of hydrogen-bond acceptors (Lipinski definition) is 3. The normalized spacial score (nSPS) is 14.1. The predicted octanol–water partition coefficient (Wildman–Crippen LogP) is 0.444. The molecule has 94 valence electrons. The van der Waals surface area contributed by atoms with Gasteiger partial charge in [0.15, 0.2) is 0 Å². The van der Waals surface area contributed by atoms with Crippen LogP contribution in [0.15, 0.2) is 30.3 Å². The Kier molecular flexibility index (Phi) is 5.66. The van der Waals surface area contributed by atoms with E-state index in [0.717, 1.165) is 5.56 Å². The van der Waals surface area contributed by atoms with Crippen LogP contribution in [0.5, 0.6) is 0 Å². The van der Waals surface area contributed by atoms with Crippen LogP contribution < -0.4 is 11.1 Å². The largest absolute Gasteiger partial charge is 0.394 e. The van der Waals surface area contributed by atoms with Crippen LogP contribution in [0.2, 0.25) is 0 Å². The van der Waals surface area contributed by atoms with Crippen LogP contribution >= 0.6 is 0 Å². The van der Waals surface area contributed by atoms with Crippen molar-refractivity contribution in [2.24, 2.45) is 5.73 Å². The van der Waals surface area contributed by atoms with E-state index in [9.17, 15) is 4.79 Å². The molecule has 1 amide bonds. The molecule has 0 radical (unpaired) electrons. The smallest absolute Gasteiger partial charge is 0.237 e. The second-order valence-electron chi connectivity index (χ2n) is 4.09. The number of benzene rings is 1. The molecule has 0 fully saturated rings. The molecule has 0 aliphatic heterocycles. The fourth-order valence-corrected chi connectivity index (χ4v) is 1.55. The van der Waals surface area contributed by atoms with Crippen molar-refractivity contribution in [2.45, 2.75) is 31.8 Å². The Labute approximate surface area is 102 Å². The number of nitrogens with two attached hydrogens (primary N) is 1. The fraction of sp³-hybridized carbons (Fsp3) is 0.462. The van der Waals surface area contributed by atoms with Gasteiger partial charge in [-0.05, 0) is 18.4 Å². The van der Waals surface area contributed by atoms with Gasteiger partial charge >= 0.3 is 0 Å². The van der Waals surface area contributed by atoms with Gasteiger partial charge < -0.3 is 16.2 Å². The molecule has 17 heavy (non-hydrogen) atoms. The predicted molar refractivity (Wildman–Crippen MR) is 67.4 cm³/mol. The molecule has 0 spiro atoms. The van der Waals surface area contributed by atoms with Crippen LogP contribution in [0, 0.1) is 0 Å². The zero-order valence-corrected chi connectivity index (χ0v) is 10.1. The third-order valence-electron chi connectivity index (χ3n) is 2.69. The van der Waals surface area contributed by atoms with E-state index in [0.29, 0.717) is 12.8 Å². The average Bonchev–Trinajstić information content (AvgIpc) is 2.36. The summed E-state index contributed by atoms with van der Waals surface area (Å²) < 4.78 is 0. The number of nitrogens with one attached hydrogen (secondary N) is 1. The number of carbonyl (C=O) groups excluding carboxylic acids is 1. The summed E-state index contributed by atoms with van der Waals surface area (Å²) >= 11 is 0. The highest BCUT2D eigenvalue weighted by Gasteiger charge is 2.16. The van der Waals surface area contributed by atoms with Gasteiger partial charge in [-0.15, -0.1) is 0 Å². The molecule has 0 bridgehead atoms. The first-order valence-corrected chi connectivity index (χ1v) is 5.88. The second-order valence-corrected chi connectivity index (χ2v) is 4.09. The van der Waals surface area contributed by atoms with Gasteiger partial charge in [-0.25, -0.2) is 0 Å². The first kappa shape index (κ1) is 13.7. The highest BCUT2D eigenvalue weighted by Crippen LogP contribution is 2.02. The van der Waals surface area contributed by atoms with E-state index in [2.05, 4.69) is 5.32 Å². The molecule has 0 aromatic heterocycles. The maximum atomic E-state index is 11.7. The molecule has 1 aromatic carbocycles. The first-order valence-electron chi connectivity index (χ1n) is 5.88. The van der Waals surface area contributed by atoms with Crippen molar-refractivity contribution in [3.8, 4) is 0 Å². The lowest BCUT2D eigenvalue weighted by Crippen LogP contribution is -2.47. The highest BCUT2D eigenvalue weighted by atomic mass is 16.3. The number of carbonyl (C=O) groups is 1. The van der Waals surface area contributed by atoms with E-state index in [1.54, 1.807) is 0 Å². The summed E-state index contributed by atoms with van der Waals surface area (Å²) in [7, 11) is 0. The zero-order valence-electron chi connectivity index (χ0n) is 10.1. The van der Waals surface area contributed by atoms with Crippen molar-refractivity contribution in [1.82, 2.24) is 5.32 Å². The summed E-state index contributed by atoms with van der Waals surface area (Å²) in [5.41, 5.74) is 6.85. The highest BCUT2D eigenvalue weighted by molar-refractivity contribution is 5.82. The summed E-state index contributed by atoms with van der Waals surface area (Å²) in [4.78, 5) is 11.7. The van der Waals surface area contributed by atoms with Crippen LogP contribution in [0.25, 0.3) is 0 Å². The summed E-state index contributed by atoms with van der Waals surface area (Å²) in [6, 6.07) is 8.87. The molecule has 2 atom stereocenters. The van der Waals surface area contributed by atoms with E-state index in [4.69, 9.17) is 10.8 Å². The van der Waals surface area contributed by atoms with Gasteiger partial charge in [0.05, 0.1) is 18.7 Å². The standard InChI is InChI=1S/C13H20N2O2/c1-2-11(9-16)15-13(17)12(14)8-10-6-4-3-5-7-10/h3-7,11-12,16H,2,8-9,14H2,1H3,(H,15,17)/t11-,12?/m0/s1. The molecule has 0 aliphatic rings. The van der Waals surface area contributed by atoms with Gasteiger partial charge in [0.25, 0.3) is 0 Å². The Morgan fingerprint density at radius 1 is 1.41 bits per heavy atom. The molecule has 0 heterocycles. The Bertz CT molecular complexity index is 337. The monoisotopic (exact) mass is 236 g/mol. The minimum Gasteiger partial charge on any atom is -0.394 e. The molecular weight excluding hydrogens is 216 g/mol. The zero-order chi connectivity index (χ0) is 12.7. The molecule has 1 unspecified atom stereocenters. The molecule has 0 saturated heterocycles. The molecule has 1 aromatic rings. The summed E-state index contributed by atoms with van der Waals surface area (Å²) in [6.45, 7) is 1.85. The van der Waals surface area contributed by atoms with Crippen molar-refractivity contribution >= 4 is 5.91 Å². The van der Waals surface area contributed by atoms with Crippen molar-refractivity contribution < 1.29 is 9.90 Å². The molecule has 4 N–H and O–H groups in total. The lowest BCUT2D eigenvalue weighted by atomic mass is 10.1. The topological polar surface area (TPSA) is 75.3 Å². The summed E-state index contributed by atoms with van der Waals surface area (Å²) in [5, 5.41) is 11.7. The lowest BCUT2D eigenvalue weighted by Gasteiger charge is -2.17. The molecule has 4 heteroatoms. The lowest BCUT2D eigenvalue weighted by molar-refractivity contribution is -0.123. The van der Waals surface area contributed by atoms with E-state index in [1.807, 2.05) is 37.3 Å². The van der Waals surface area contributed by atoms with Crippen molar-refractivity contribution in [3.05, 3.63) is 35.9 Å². The van der Waals surface area contributed by atoms with E-state index < -0.39 is 6.04 Å². The van der Waals surface area contributed by atoms with Crippen molar-refractivity contribution in [2.75, 3.05) is 6.61 Å². The molecule has 0 saturated carbocycles. The van der Waals surface area contributed by atoms with Crippen LogP contribution in [0.4, 0.5) is 0 Å². The van der Waals surface area contributed by atoms with Crippen LogP contribution in [-0.2, 0) is 11.2 Å². The number of amides is 1. The maximum absolute atomic E-state index is 11.7. The third-order valence-corrected chi connectivity index (χ3v) is 2.69. The summed E-state index contributed by atoms with van der Waals surface area (Å²) in [6.07, 6.45) is 1.20. The molecule has 0 aliphatic carbocycles. The Balaban J connectivity index is 2.47. The molecule has 1 rings (SSSR count). The van der Waals surface area contributed by atoms with E-state index in [1.165, 1.54) is 0 Å². The fourth-order valence-electron chi connectivity index (χ4n) is 1.55. The minimum absolute atomic E-state index is 0.0553. The van der Waals surface area contributed by atoms with E-state index >= 15 is 0 Å². The van der Waals surface area contributed by atoms with Gasteiger partial charge in [0.2, 0.25) is 5.91 Å². The third kappa shape index (κ3) is 4.54. The van der Waals surface area contributed by atoms with Crippen LogP contribution in [0.1, 0.15) is 18.9 Å². The minimum atomic E-state index is -0.571. The molecular formula is C13H20N2O2. The average molecular weight is 236 g/mol. The Morgan fingerprint density at radius 2 is 2.06 bits per heavy atom. The van der Waals surface area contributed by atoms with Gasteiger partial charge in [-0.3, -0.25) is 4.79 Å². The quantitative estimate of drug-likeness (QED) is 0.671. The Hall–Kier alpha value is -1.39. The maximum Gasteiger partial charge on any atom is 0.237 e. The van der Waals surface area contributed by atoms with Gasteiger partial charge in [-0.2, -0.15) is 0 Å². The number of aliphatic hydroxyl groups excluding tert-OH is 1.